The van der Waals surface area contributed by atoms with E-state index in [0.717, 1.165) is 11.2 Å². The number of carbonyl (C=O) groups excluding carboxylic acids is 2. The molecule has 37 heavy (non-hydrogen) atoms. The summed E-state index contributed by atoms with van der Waals surface area (Å²) < 4.78 is 24.4. The maximum atomic E-state index is 13.8. The number of hydrogen-bond donors (Lipinski definition) is 1. The number of methoxy groups -OCH3 is 2. The van der Waals surface area contributed by atoms with E-state index in [4.69, 9.17) is 9.47 Å². The summed E-state index contributed by atoms with van der Waals surface area (Å²) in [6.45, 7) is 6.17. The molecule has 2 aromatic carbocycles. The Morgan fingerprint density at radius 3 is 2.30 bits per heavy atom. The summed E-state index contributed by atoms with van der Waals surface area (Å²) in [5.41, 5.74) is 0.890. The molecule has 0 radical (unpaired) electrons. The van der Waals surface area contributed by atoms with Crippen molar-refractivity contribution in [3.63, 3.8) is 0 Å². The summed E-state index contributed by atoms with van der Waals surface area (Å²) in [6.07, 6.45) is 1.15. The van der Waals surface area contributed by atoms with Gasteiger partial charge in [0.2, 0.25) is 11.7 Å². The lowest BCUT2D eigenvalue weighted by molar-refractivity contribution is -0.127. The van der Waals surface area contributed by atoms with Gasteiger partial charge in [0.05, 0.1) is 14.2 Å². The first-order valence-corrected chi connectivity index (χ1v) is 12.1. The van der Waals surface area contributed by atoms with Crippen molar-refractivity contribution in [1.82, 2.24) is 25.5 Å². The lowest BCUT2D eigenvalue weighted by Crippen LogP contribution is -2.51. The fourth-order valence-corrected chi connectivity index (χ4v) is 3.83. The number of benzene rings is 2. The van der Waals surface area contributed by atoms with Crippen LogP contribution in [0.25, 0.3) is 11.4 Å². The number of halogens is 1. The molecule has 2 amide bonds. The van der Waals surface area contributed by atoms with Crippen LogP contribution in [0, 0.1) is 11.7 Å². The minimum Gasteiger partial charge on any atom is -0.494 e. The van der Waals surface area contributed by atoms with E-state index in [2.05, 4.69) is 34.6 Å². The molecule has 0 bridgehead atoms. The molecule has 3 aromatic rings. The fraction of sp³-hybridized carbons (Fsp3) is 0.423. The Labute approximate surface area is 215 Å². The van der Waals surface area contributed by atoms with E-state index in [1.165, 1.54) is 43.4 Å². The Morgan fingerprint density at radius 1 is 1.08 bits per heavy atom. The number of tetrazole rings is 1. The van der Waals surface area contributed by atoms with E-state index < -0.39 is 11.9 Å². The highest BCUT2D eigenvalue weighted by atomic mass is 19.1. The summed E-state index contributed by atoms with van der Waals surface area (Å²) in [5.74, 6) is 0.276. The minimum atomic E-state index is -0.843. The SMILES string of the molecule is CC[C@H](C(=O)NCCC(C)C)N(C(=O)Cn1nnc(-c2ccc(F)cc2)n1)c1c(OC)cccc1OC. The monoisotopic (exact) mass is 512 g/mol. The molecular weight excluding hydrogens is 479 g/mol. The van der Waals surface area contributed by atoms with Gasteiger partial charge in [-0.25, -0.2) is 4.39 Å². The van der Waals surface area contributed by atoms with Gasteiger partial charge in [0.1, 0.15) is 35.6 Å². The Balaban J connectivity index is 1.96. The first-order valence-electron chi connectivity index (χ1n) is 12.1. The van der Waals surface area contributed by atoms with Gasteiger partial charge in [-0.05, 0) is 60.4 Å². The van der Waals surface area contributed by atoms with Crippen molar-refractivity contribution in [1.29, 1.82) is 0 Å². The summed E-state index contributed by atoms with van der Waals surface area (Å²) in [7, 11) is 2.97. The maximum Gasteiger partial charge on any atom is 0.251 e. The van der Waals surface area contributed by atoms with Crippen LogP contribution in [0.3, 0.4) is 0 Å². The number of nitrogens with zero attached hydrogens (tertiary/aromatic N) is 5. The Hall–Kier alpha value is -4.02. The smallest absolute Gasteiger partial charge is 0.251 e. The van der Waals surface area contributed by atoms with Crippen molar-refractivity contribution in [2.75, 3.05) is 25.7 Å². The number of amides is 2. The van der Waals surface area contributed by atoms with Crippen molar-refractivity contribution in [3.05, 3.63) is 48.3 Å². The average Bonchev–Trinajstić information content (AvgIpc) is 3.35. The van der Waals surface area contributed by atoms with Gasteiger partial charge in [-0.2, -0.15) is 4.80 Å². The molecule has 0 spiro atoms. The fourth-order valence-electron chi connectivity index (χ4n) is 3.83. The molecule has 0 fully saturated rings. The van der Waals surface area contributed by atoms with E-state index >= 15 is 0 Å². The zero-order valence-electron chi connectivity index (χ0n) is 21.8. The van der Waals surface area contributed by atoms with Crippen molar-refractivity contribution < 1.29 is 23.5 Å². The number of carbonyl (C=O) groups is 2. The van der Waals surface area contributed by atoms with Crippen LogP contribution in [-0.2, 0) is 16.1 Å². The first-order chi connectivity index (χ1) is 17.8. The summed E-state index contributed by atoms with van der Waals surface area (Å²) in [5, 5.41) is 15.2. The molecule has 1 atom stereocenters. The van der Waals surface area contributed by atoms with Crippen LogP contribution >= 0.6 is 0 Å². The number of rotatable bonds is 12. The number of anilines is 1. The van der Waals surface area contributed by atoms with Gasteiger partial charge in [-0.15, -0.1) is 10.2 Å². The topological polar surface area (TPSA) is 111 Å². The van der Waals surface area contributed by atoms with Crippen LogP contribution in [0.5, 0.6) is 11.5 Å². The van der Waals surface area contributed by atoms with Gasteiger partial charge < -0.3 is 14.8 Å². The van der Waals surface area contributed by atoms with Crippen molar-refractivity contribution >= 4 is 17.5 Å². The Morgan fingerprint density at radius 2 is 1.73 bits per heavy atom. The van der Waals surface area contributed by atoms with Gasteiger partial charge in [0.15, 0.2) is 0 Å². The van der Waals surface area contributed by atoms with E-state index in [1.807, 2.05) is 6.92 Å². The second-order valence-corrected chi connectivity index (χ2v) is 8.82. The molecule has 1 heterocycles. The molecule has 0 saturated carbocycles. The number of hydrogen-bond acceptors (Lipinski definition) is 7. The lowest BCUT2D eigenvalue weighted by atomic mass is 10.1. The van der Waals surface area contributed by atoms with Gasteiger partial charge >= 0.3 is 0 Å². The number of nitrogens with one attached hydrogen (secondary N) is 1. The third kappa shape index (κ3) is 6.81. The van der Waals surface area contributed by atoms with Gasteiger partial charge in [0.25, 0.3) is 5.91 Å². The normalized spacial score (nSPS) is 11.8. The Kier molecular flexibility index (Phi) is 9.53. The van der Waals surface area contributed by atoms with Gasteiger partial charge in [-0.1, -0.05) is 26.8 Å². The number of ether oxygens (including phenoxy) is 2. The molecule has 1 N–H and O–H groups in total. The standard InChI is InChI=1S/C26H33FN6O4/c1-6-20(26(35)28-15-14-17(2)3)33(24-21(36-4)8-7-9-22(24)37-5)23(34)16-32-30-25(29-31-32)18-10-12-19(27)13-11-18/h7-13,17,20H,6,14-16H2,1-5H3,(H,28,35)/t20-/m1/s1. The van der Waals surface area contributed by atoms with Crippen LogP contribution in [0.1, 0.15) is 33.6 Å². The van der Waals surface area contributed by atoms with Crippen LogP contribution in [0.2, 0.25) is 0 Å². The summed E-state index contributed by atoms with van der Waals surface area (Å²) >= 11 is 0. The van der Waals surface area contributed by atoms with Crippen molar-refractivity contribution in [3.8, 4) is 22.9 Å². The zero-order valence-corrected chi connectivity index (χ0v) is 21.8. The predicted octanol–water partition coefficient (Wildman–Crippen LogP) is 3.47. The van der Waals surface area contributed by atoms with Crippen molar-refractivity contribution in [2.24, 2.45) is 5.92 Å². The van der Waals surface area contributed by atoms with Crippen LogP contribution in [0.15, 0.2) is 42.5 Å². The average molecular weight is 513 g/mol. The predicted molar refractivity (Wildman–Crippen MR) is 137 cm³/mol. The van der Waals surface area contributed by atoms with Crippen LogP contribution in [0.4, 0.5) is 10.1 Å². The van der Waals surface area contributed by atoms with E-state index in [1.54, 1.807) is 18.2 Å². The molecule has 198 valence electrons. The number of para-hydroxylation sites is 1. The second kappa shape index (κ2) is 12.8. The van der Waals surface area contributed by atoms with Crippen molar-refractivity contribution in [2.45, 2.75) is 46.2 Å². The van der Waals surface area contributed by atoms with E-state index in [9.17, 15) is 14.0 Å². The zero-order chi connectivity index (χ0) is 26.9. The molecule has 3 rings (SSSR count). The number of aromatic nitrogens is 4. The van der Waals surface area contributed by atoms with E-state index in [0.29, 0.717) is 41.6 Å². The quantitative estimate of drug-likeness (QED) is 0.396. The second-order valence-electron chi connectivity index (χ2n) is 8.82. The Bertz CT molecular complexity index is 1180. The van der Waals surface area contributed by atoms with Gasteiger partial charge in [0, 0.05) is 12.1 Å². The molecule has 10 nitrogen and oxygen atoms in total. The maximum absolute atomic E-state index is 13.8. The molecule has 0 unspecified atom stereocenters. The molecule has 0 aliphatic rings. The highest BCUT2D eigenvalue weighted by molar-refractivity contribution is 6.03. The van der Waals surface area contributed by atoms with Crippen LogP contribution in [-0.4, -0.2) is 58.8 Å². The molecular formula is C26H33FN6O4. The highest BCUT2D eigenvalue weighted by Crippen LogP contribution is 2.39. The third-order valence-corrected chi connectivity index (χ3v) is 5.77. The van der Waals surface area contributed by atoms with E-state index in [-0.39, 0.29) is 24.1 Å². The summed E-state index contributed by atoms with van der Waals surface area (Å²) in [6, 6.07) is 9.93. The highest BCUT2D eigenvalue weighted by Gasteiger charge is 2.34. The minimum absolute atomic E-state index is 0.243. The molecule has 11 heteroatoms. The first kappa shape index (κ1) is 27.6. The molecule has 1 aromatic heterocycles. The van der Waals surface area contributed by atoms with Gasteiger partial charge in [-0.3, -0.25) is 14.5 Å². The summed E-state index contributed by atoms with van der Waals surface area (Å²) in [4.78, 5) is 29.6. The molecule has 0 aliphatic carbocycles. The lowest BCUT2D eigenvalue weighted by Gasteiger charge is -2.32. The molecule has 0 saturated heterocycles. The third-order valence-electron chi connectivity index (χ3n) is 5.77. The largest absolute Gasteiger partial charge is 0.494 e. The molecule has 0 aliphatic heterocycles. The van der Waals surface area contributed by atoms with Crippen LogP contribution < -0.4 is 19.7 Å².